The van der Waals surface area contributed by atoms with Crippen molar-refractivity contribution in [2.45, 2.75) is 39.2 Å². The number of piperidine rings is 1. The summed E-state index contributed by atoms with van der Waals surface area (Å²) in [6, 6.07) is 0. The molecule has 20 heavy (non-hydrogen) atoms. The normalized spacial score (nSPS) is 24.5. The third kappa shape index (κ3) is 2.78. The van der Waals surface area contributed by atoms with E-state index in [1.54, 1.807) is 20.8 Å². The lowest BCUT2D eigenvalue weighted by Crippen LogP contribution is -2.53. The molecule has 0 aromatic heterocycles. The number of hydrogen-bond donors (Lipinski definition) is 0. The van der Waals surface area contributed by atoms with Gasteiger partial charge in [-0.25, -0.2) is 4.79 Å². The van der Waals surface area contributed by atoms with Crippen LogP contribution in [0.3, 0.4) is 0 Å². The predicted molar refractivity (Wildman–Crippen MR) is 70.0 cm³/mol. The van der Waals surface area contributed by atoms with Crippen LogP contribution in [0, 0.1) is 11.3 Å². The Balaban J connectivity index is 2.14. The Bertz CT molecular complexity index is 447. The Morgan fingerprint density at radius 1 is 1.30 bits per heavy atom. The fourth-order valence-corrected chi connectivity index (χ4v) is 2.53. The predicted octanol–water partition coefficient (Wildman–Crippen LogP) is 1.38. The topological polar surface area (TPSA) is 72.9 Å². The quantitative estimate of drug-likeness (QED) is 0.537. The van der Waals surface area contributed by atoms with Gasteiger partial charge < -0.3 is 14.4 Å². The van der Waals surface area contributed by atoms with E-state index in [4.69, 9.17) is 4.74 Å². The molecule has 1 saturated carbocycles. The minimum atomic E-state index is -0.885. The molecule has 6 heteroatoms. The van der Waals surface area contributed by atoms with E-state index in [0.717, 1.165) is 12.8 Å². The molecule has 0 bridgehead atoms. The van der Waals surface area contributed by atoms with E-state index in [1.165, 1.54) is 12.0 Å². The maximum atomic E-state index is 12.3. The molecular weight excluding hydrogens is 262 g/mol. The first-order valence-electron chi connectivity index (χ1n) is 6.79. The van der Waals surface area contributed by atoms with Gasteiger partial charge in [-0.15, -0.1) is 0 Å². The Labute approximate surface area is 118 Å². The van der Waals surface area contributed by atoms with Crippen molar-refractivity contribution in [1.29, 1.82) is 0 Å². The van der Waals surface area contributed by atoms with Crippen LogP contribution in [0.2, 0.25) is 0 Å². The lowest BCUT2D eigenvalue weighted by Gasteiger charge is -2.36. The highest BCUT2D eigenvalue weighted by atomic mass is 16.6. The lowest BCUT2D eigenvalue weighted by molar-refractivity contribution is -0.154. The summed E-state index contributed by atoms with van der Waals surface area (Å²) < 4.78 is 9.99. The van der Waals surface area contributed by atoms with Crippen LogP contribution in [0.15, 0.2) is 0 Å². The Hall–Kier alpha value is -1.59. The van der Waals surface area contributed by atoms with Crippen molar-refractivity contribution in [2.24, 2.45) is 11.3 Å². The van der Waals surface area contributed by atoms with Crippen molar-refractivity contribution < 1.29 is 23.9 Å². The molecule has 0 aromatic rings. The molecule has 1 saturated heterocycles. The van der Waals surface area contributed by atoms with Gasteiger partial charge in [-0.05, 0) is 33.6 Å². The number of carbonyl (C=O) groups is 3. The van der Waals surface area contributed by atoms with Crippen molar-refractivity contribution in [1.82, 2.24) is 4.90 Å². The summed E-state index contributed by atoms with van der Waals surface area (Å²) in [4.78, 5) is 37.6. The maximum absolute atomic E-state index is 12.3. The largest absolute Gasteiger partial charge is 0.468 e. The van der Waals surface area contributed by atoms with E-state index in [9.17, 15) is 14.4 Å². The number of amides is 1. The number of Topliss-reactive ketones (excluding diaryl/α,β-unsaturated/α-hetero) is 1. The molecule has 1 amide bonds. The van der Waals surface area contributed by atoms with Crippen molar-refractivity contribution in [3.8, 4) is 0 Å². The summed E-state index contributed by atoms with van der Waals surface area (Å²) in [5, 5.41) is 0. The summed E-state index contributed by atoms with van der Waals surface area (Å²) in [7, 11) is 1.25. The average Bonchev–Trinajstić information content (AvgIpc) is 3.10. The van der Waals surface area contributed by atoms with Gasteiger partial charge in [-0.1, -0.05) is 0 Å². The van der Waals surface area contributed by atoms with Crippen molar-refractivity contribution in [2.75, 3.05) is 20.2 Å². The van der Waals surface area contributed by atoms with Gasteiger partial charge in [0.15, 0.2) is 5.78 Å². The van der Waals surface area contributed by atoms with Gasteiger partial charge in [-0.2, -0.15) is 0 Å². The summed E-state index contributed by atoms with van der Waals surface area (Å²) in [5.41, 5.74) is -1.15. The van der Waals surface area contributed by atoms with E-state index >= 15 is 0 Å². The summed E-state index contributed by atoms with van der Waals surface area (Å²) in [6.07, 6.45) is 0.960. The molecule has 1 heterocycles. The SMILES string of the molecule is COC(=O)C1CN(C(=O)OC(C)(C)C)CC2(CC2)C1=O. The molecule has 0 N–H and O–H groups in total. The van der Waals surface area contributed by atoms with Crippen molar-refractivity contribution >= 4 is 17.8 Å². The molecule has 1 aliphatic carbocycles. The first-order valence-corrected chi connectivity index (χ1v) is 6.79. The van der Waals surface area contributed by atoms with Gasteiger partial charge in [-0.3, -0.25) is 9.59 Å². The molecule has 0 aromatic carbocycles. The van der Waals surface area contributed by atoms with Crippen LogP contribution >= 0.6 is 0 Å². The second-order valence-corrected chi connectivity index (χ2v) is 6.58. The zero-order chi connectivity index (χ0) is 15.1. The third-order valence-corrected chi connectivity index (χ3v) is 3.73. The van der Waals surface area contributed by atoms with E-state index in [-0.39, 0.29) is 12.3 Å². The Kier molecular flexibility index (Phi) is 3.52. The highest BCUT2D eigenvalue weighted by molar-refractivity contribution is 6.04. The fourth-order valence-electron chi connectivity index (χ4n) is 2.53. The monoisotopic (exact) mass is 283 g/mol. The van der Waals surface area contributed by atoms with Crippen LogP contribution in [-0.4, -0.2) is 48.5 Å². The molecule has 2 aliphatic rings. The van der Waals surface area contributed by atoms with E-state index in [2.05, 4.69) is 4.74 Å². The second-order valence-electron chi connectivity index (χ2n) is 6.58. The van der Waals surface area contributed by atoms with Gasteiger partial charge in [0.1, 0.15) is 11.5 Å². The Morgan fingerprint density at radius 2 is 1.90 bits per heavy atom. The maximum Gasteiger partial charge on any atom is 0.410 e. The summed E-state index contributed by atoms with van der Waals surface area (Å²) in [5.74, 6) is -1.55. The zero-order valence-electron chi connectivity index (χ0n) is 12.4. The number of esters is 1. The molecule has 2 fully saturated rings. The molecule has 0 radical (unpaired) electrons. The van der Waals surface area contributed by atoms with E-state index in [1.807, 2.05) is 0 Å². The smallest absolute Gasteiger partial charge is 0.410 e. The Morgan fingerprint density at radius 3 is 2.35 bits per heavy atom. The molecule has 6 nitrogen and oxygen atoms in total. The molecule has 1 atom stereocenters. The first kappa shape index (κ1) is 14.8. The molecule has 2 rings (SSSR count). The number of methoxy groups -OCH3 is 1. The molecule has 112 valence electrons. The van der Waals surface area contributed by atoms with Gasteiger partial charge in [0.25, 0.3) is 0 Å². The second kappa shape index (κ2) is 4.75. The number of hydrogen-bond acceptors (Lipinski definition) is 5. The van der Waals surface area contributed by atoms with Crippen LogP contribution in [0.4, 0.5) is 4.79 Å². The standard InChI is InChI=1S/C14H21NO5/c1-13(2,3)20-12(18)15-7-9(11(17)19-4)10(16)14(8-15)5-6-14/h9H,5-8H2,1-4H3. The van der Waals surface area contributed by atoms with Gasteiger partial charge in [0.05, 0.1) is 7.11 Å². The van der Waals surface area contributed by atoms with Crippen LogP contribution in [-0.2, 0) is 19.1 Å². The minimum absolute atomic E-state index is 0.0438. The van der Waals surface area contributed by atoms with Gasteiger partial charge in [0.2, 0.25) is 0 Å². The fraction of sp³-hybridized carbons (Fsp3) is 0.786. The van der Waals surface area contributed by atoms with Crippen LogP contribution < -0.4 is 0 Å². The van der Waals surface area contributed by atoms with E-state index in [0.29, 0.717) is 6.54 Å². The van der Waals surface area contributed by atoms with Crippen molar-refractivity contribution in [3.05, 3.63) is 0 Å². The number of likely N-dealkylation sites (tertiary alicyclic amines) is 1. The number of rotatable bonds is 1. The van der Waals surface area contributed by atoms with Gasteiger partial charge >= 0.3 is 12.1 Å². The highest BCUT2D eigenvalue weighted by Gasteiger charge is 2.58. The molecule has 1 spiro atoms. The highest BCUT2D eigenvalue weighted by Crippen LogP contribution is 2.51. The van der Waals surface area contributed by atoms with Gasteiger partial charge in [0, 0.05) is 18.5 Å². The zero-order valence-corrected chi connectivity index (χ0v) is 12.4. The number of ether oxygens (including phenoxy) is 2. The minimum Gasteiger partial charge on any atom is -0.468 e. The first-order chi connectivity index (χ1) is 9.18. The lowest BCUT2D eigenvalue weighted by atomic mass is 9.85. The van der Waals surface area contributed by atoms with Crippen molar-refractivity contribution in [3.63, 3.8) is 0 Å². The number of nitrogens with zero attached hydrogens (tertiary/aromatic N) is 1. The van der Waals surface area contributed by atoms with Crippen LogP contribution in [0.1, 0.15) is 33.6 Å². The summed E-state index contributed by atoms with van der Waals surface area (Å²) >= 11 is 0. The number of carbonyl (C=O) groups excluding carboxylic acids is 3. The molecular formula is C14H21NO5. The third-order valence-electron chi connectivity index (χ3n) is 3.73. The number of ketones is 1. The summed E-state index contributed by atoms with van der Waals surface area (Å²) in [6.45, 7) is 5.73. The van der Waals surface area contributed by atoms with Crippen LogP contribution in [0.5, 0.6) is 0 Å². The molecule has 1 unspecified atom stereocenters. The van der Waals surface area contributed by atoms with E-state index < -0.39 is 29.0 Å². The average molecular weight is 283 g/mol. The van der Waals surface area contributed by atoms with Crippen LogP contribution in [0.25, 0.3) is 0 Å². The molecule has 1 aliphatic heterocycles.